The fourth-order valence-electron chi connectivity index (χ4n) is 2.41. The summed E-state index contributed by atoms with van der Waals surface area (Å²) < 4.78 is 10.7. The lowest BCUT2D eigenvalue weighted by Gasteiger charge is -2.16. The van der Waals surface area contributed by atoms with E-state index in [1.165, 1.54) is 0 Å². The summed E-state index contributed by atoms with van der Waals surface area (Å²) in [5, 5.41) is 9.41. The molecule has 1 saturated heterocycles. The third kappa shape index (κ3) is 2.01. The molecule has 0 saturated carbocycles. The van der Waals surface area contributed by atoms with Crippen molar-refractivity contribution in [2.45, 2.75) is 18.9 Å². The summed E-state index contributed by atoms with van der Waals surface area (Å²) in [6, 6.07) is 5.77. The van der Waals surface area contributed by atoms with E-state index in [0.29, 0.717) is 19.5 Å². The lowest BCUT2D eigenvalue weighted by atomic mass is 10.1. The van der Waals surface area contributed by atoms with E-state index in [-0.39, 0.29) is 19.1 Å². The Hall–Kier alpha value is -1.75. The van der Waals surface area contributed by atoms with E-state index in [9.17, 15) is 9.90 Å². The van der Waals surface area contributed by atoms with Gasteiger partial charge in [-0.2, -0.15) is 0 Å². The van der Waals surface area contributed by atoms with Crippen LogP contribution in [-0.2, 0) is 11.2 Å². The van der Waals surface area contributed by atoms with Gasteiger partial charge in [-0.1, -0.05) is 12.1 Å². The fourth-order valence-corrected chi connectivity index (χ4v) is 2.41. The maximum Gasteiger partial charge on any atom is 0.231 e. The number of β-amino-alcohol motifs (C(OH)–C–C–N with tert-alkyl or cyclic N) is 1. The molecule has 0 aliphatic carbocycles. The van der Waals surface area contributed by atoms with Gasteiger partial charge in [-0.25, -0.2) is 0 Å². The van der Waals surface area contributed by atoms with Crippen molar-refractivity contribution in [2.75, 3.05) is 19.9 Å². The number of hydrogen-bond donors (Lipinski definition) is 1. The molecule has 96 valence electrons. The lowest BCUT2D eigenvalue weighted by molar-refractivity contribution is -0.127. The maximum absolute atomic E-state index is 11.5. The molecule has 1 aromatic carbocycles. The molecule has 2 aliphatic rings. The minimum absolute atomic E-state index is 0.0206. The first-order valence-electron chi connectivity index (χ1n) is 6.07. The minimum Gasteiger partial charge on any atom is -0.454 e. The van der Waals surface area contributed by atoms with Crippen LogP contribution in [0, 0.1) is 0 Å². The molecule has 0 aromatic heterocycles. The predicted molar refractivity (Wildman–Crippen MR) is 63.5 cm³/mol. The van der Waals surface area contributed by atoms with E-state index in [0.717, 1.165) is 17.1 Å². The van der Waals surface area contributed by atoms with Crippen LogP contribution >= 0.6 is 0 Å². The summed E-state index contributed by atoms with van der Waals surface area (Å²) in [5.74, 6) is 1.57. The molecule has 5 nitrogen and oxygen atoms in total. The number of carbonyl (C=O) groups excluding carboxylic acids is 1. The smallest absolute Gasteiger partial charge is 0.231 e. The quantitative estimate of drug-likeness (QED) is 0.850. The second kappa shape index (κ2) is 4.49. The molecule has 0 spiro atoms. The van der Waals surface area contributed by atoms with E-state index in [1.54, 1.807) is 4.90 Å². The van der Waals surface area contributed by atoms with Crippen molar-refractivity contribution in [3.8, 4) is 11.5 Å². The molecule has 1 amide bonds. The molecule has 1 unspecified atom stereocenters. The Morgan fingerprint density at radius 1 is 1.39 bits per heavy atom. The van der Waals surface area contributed by atoms with Crippen LogP contribution in [0.4, 0.5) is 0 Å². The van der Waals surface area contributed by atoms with E-state index in [2.05, 4.69) is 0 Å². The van der Waals surface area contributed by atoms with Crippen LogP contribution in [0.15, 0.2) is 18.2 Å². The number of para-hydroxylation sites is 1. The minimum atomic E-state index is -0.515. The molecule has 18 heavy (non-hydrogen) atoms. The van der Waals surface area contributed by atoms with E-state index < -0.39 is 6.10 Å². The van der Waals surface area contributed by atoms with E-state index >= 15 is 0 Å². The van der Waals surface area contributed by atoms with Gasteiger partial charge < -0.3 is 19.5 Å². The standard InChI is InChI=1S/C13H15NO4/c15-10-6-12(16)14(7-10)5-4-9-2-1-3-11-13(9)18-8-17-11/h1-3,10,15H,4-8H2. The zero-order valence-corrected chi connectivity index (χ0v) is 9.96. The lowest BCUT2D eigenvalue weighted by Crippen LogP contribution is -2.28. The average molecular weight is 249 g/mol. The summed E-state index contributed by atoms with van der Waals surface area (Å²) in [5.41, 5.74) is 1.04. The zero-order valence-electron chi connectivity index (χ0n) is 9.96. The summed E-state index contributed by atoms with van der Waals surface area (Å²) in [6.07, 6.45) is 0.441. The number of fused-ring (bicyclic) bond motifs is 1. The molecule has 2 heterocycles. The molecule has 0 radical (unpaired) electrons. The van der Waals surface area contributed by atoms with Crippen molar-refractivity contribution in [3.05, 3.63) is 23.8 Å². The summed E-state index contributed by atoms with van der Waals surface area (Å²) in [4.78, 5) is 13.2. The molecule has 3 rings (SSSR count). The van der Waals surface area contributed by atoms with Gasteiger partial charge in [0, 0.05) is 13.1 Å². The topological polar surface area (TPSA) is 59.0 Å². The molecule has 2 aliphatic heterocycles. The fraction of sp³-hybridized carbons (Fsp3) is 0.462. The first kappa shape index (κ1) is 11.3. The Balaban J connectivity index is 1.67. The maximum atomic E-state index is 11.5. The summed E-state index contributed by atoms with van der Waals surface area (Å²) >= 11 is 0. The number of aliphatic hydroxyl groups excluding tert-OH is 1. The number of nitrogens with zero attached hydrogens (tertiary/aromatic N) is 1. The van der Waals surface area contributed by atoms with Crippen molar-refractivity contribution in [1.29, 1.82) is 0 Å². The average Bonchev–Trinajstić information content (AvgIpc) is 2.93. The molecule has 5 heteroatoms. The second-order valence-electron chi connectivity index (χ2n) is 4.60. The number of carbonyl (C=O) groups is 1. The number of aliphatic hydroxyl groups is 1. The van der Waals surface area contributed by atoms with Crippen molar-refractivity contribution in [3.63, 3.8) is 0 Å². The predicted octanol–water partition coefficient (Wildman–Crippen LogP) is 0.551. The van der Waals surface area contributed by atoms with E-state index in [4.69, 9.17) is 9.47 Å². The van der Waals surface area contributed by atoms with Crippen LogP contribution < -0.4 is 9.47 Å². The molecule has 1 fully saturated rings. The Morgan fingerprint density at radius 2 is 2.28 bits per heavy atom. The van der Waals surface area contributed by atoms with E-state index in [1.807, 2.05) is 18.2 Å². The van der Waals surface area contributed by atoms with Crippen molar-refractivity contribution >= 4 is 5.91 Å². The third-order valence-corrected chi connectivity index (χ3v) is 3.32. The highest BCUT2D eigenvalue weighted by Crippen LogP contribution is 2.35. The van der Waals surface area contributed by atoms with Crippen LogP contribution in [0.3, 0.4) is 0 Å². The highest BCUT2D eigenvalue weighted by Gasteiger charge is 2.28. The SMILES string of the molecule is O=C1CC(O)CN1CCc1cccc2c1OCO2. The number of benzene rings is 1. The normalized spacial score (nSPS) is 21.7. The zero-order chi connectivity index (χ0) is 12.5. The highest BCUT2D eigenvalue weighted by molar-refractivity contribution is 5.79. The Labute approximate surface area is 105 Å². The first-order valence-corrected chi connectivity index (χ1v) is 6.07. The van der Waals surface area contributed by atoms with Gasteiger partial charge in [0.05, 0.1) is 12.5 Å². The Kier molecular flexibility index (Phi) is 2.83. The van der Waals surface area contributed by atoms with Crippen LogP contribution in [0.1, 0.15) is 12.0 Å². The molecule has 1 atom stereocenters. The monoisotopic (exact) mass is 249 g/mol. The largest absolute Gasteiger partial charge is 0.454 e. The Morgan fingerprint density at radius 3 is 3.06 bits per heavy atom. The van der Waals surface area contributed by atoms with Crippen LogP contribution in [0.2, 0.25) is 0 Å². The summed E-state index contributed by atoms with van der Waals surface area (Å²) in [7, 11) is 0. The molecule has 0 bridgehead atoms. The van der Waals surface area contributed by atoms with Gasteiger partial charge in [-0.05, 0) is 18.1 Å². The first-order chi connectivity index (χ1) is 8.74. The second-order valence-corrected chi connectivity index (χ2v) is 4.60. The summed E-state index contributed by atoms with van der Waals surface area (Å²) in [6.45, 7) is 1.30. The van der Waals surface area contributed by atoms with Gasteiger partial charge in [0.2, 0.25) is 12.7 Å². The van der Waals surface area contributed by atoms with Crippen molar-refractivity contribution in [1.82, 2.24) is 4.90 Å². The van der Waals surface area contributed by atoms with Crippen molar-refractivity contribution in [2.24, 2.45) is 0 Å². The molecular weight excluding hydrogens is 234 g/mol. The molecular formula is C13H15NO4. The van der Waals surface area contributed by atoms with Gasteiger partial charge in [-0.3, -0.25) is 4.79 Å². The Bertz CT molecular complexity index is 474. The third-order valence-electron chi connectivity index (χ3n) is 3.32. The van der Waals surface area contributed by atoms with Crippen molar-refractivity contribution < 1.29 is 19.4 Å². The number of amides is 1. The van der Waals surface area contributed by atoms with Crippen LogP contribution in [0.25, 0.3) is 0 Å². The van der Waals surface area contributed by atoms with Gasteiger partial charge in [-0.15, -0.1) is 0 Å². The molecule has 1 aromatic rings. The number of rotatable bonds is 3. The van der Waals surface area contributed by atoms with Gasteiger partial charge in [0.25, 0.3) is 0 Å². The van der Waals surface area contributed by atoms with Gasteiger partial charge in [0.1, 0.15) is 0 Å². The molecule has 1 N–H and O–H groups in total. The number of likely N-dealkylation sites (tertiary alicyclic amines) is 1. The van der Waals surface area contributed by atoms with Crippen LogP contribution in [0.5, 0.6) is 11.5 Å². The number of hydrogen-bond acceptors (Lipinski definition) is 4. The number of ether oxygens (including phenoxy) is 2. The van der Waals surface area contributed by atoms with Gasteiger partial charge in [0.15, 0.2) is 11.5 Å². The highest BCUT2D eigenvalue weighted by atomic mass is 16.7. The van der Waals surface area contributed by atoms with Crippen LogP contribution in [-0.4, -0.2) is 41.9 Å². The van der Waals surface area contributed by atoms with Gasteiger partial charge >= 0.3 is 0 Å².